The second-order valence-electron chi connectivity index (χ2n) is 5.02. The Labute approximate surface area is 124 Å². The Balaban J connectivity index is 2.12. The Morgan fingerprint density at radius 2 is 2.24 bits per heavy atom. The average molecular weight is 282 g/mol. The number of carbonyl (C=O) groups is 1. The first-order valence-corrected chi connectivity index (χ1v) is 6.81. The van der Waals surface area contributed by atoms with Crippen molar-refractivity contribution < 1.29 is 9.53 Å². The zero-order chi connectivity index (χ0) is 15.2. The number of carbonyl (C=O) groups excluding carboxylic acids is 1. The van der Waals surface area contributed by atoms with Gasteiger partial charge in [0.2, 0.25) is 5.91 Å². The number of amides is 1. The summed E-state index contributed by atoms with van der Waals surface area (Å²) < 4.78 is 5.34. The summed E-state index contributed by atoms with van der Waals surface area (Å²) in [6, 6.07) is 7.73. The Morgan fingerprint density at radius 1 is 1.52 bits per heavy atom. The molecule has 21 heavy (non-hydrogen) atoms. The maximum Gasteiger partial charge on any atom is 0.240 e. The van der Waals surface area contributed by atoms with Crippen LogP contribution >= 0.6 is 0 Å². The highest BCUT2D eigenvalue weighted by Crippen LogP contribution is 2.20. The maximum atomic E-state index is 11.2. The van der Waals surface area contributed by atoms with Crippen molar-refractivity contribution in [3.05, 3.63) is 35.9 Å². The summed E-state index contributed by atoms with van der Waals surface area (Å²) >= 11 is 0. The Hall–Kier alpha value is -2.54. The smallest absolute Gasteiger partial charge is 0.240 e. The molecule has 2 rings (SSSR count). The van der Waals surface area contributed by atoms with Gasteiger partial charge in [-0.3, -0.25) is 4.79 Å². The quantitative estimate of drug-likeness (QED) is 0.863. The van der Waals surface area contributed by atoms with Crippen molar-refractivity contribution >= 4 is 17.2 Å². The summed E-state index contributed by atoms with van der Waals surface area (Å²) in [5.41, 5.74) is 5.57. The van der Waals surface area contributed by atoms with Gasteiger partial charge in [0.1, 0.15) is 12.4 Å². The number of terminal acetylenes is 1. The monoisotopic (exact) mass is 282 g/mol. The van der Waals surface area contributed by atoms with E-state index in [0.717, 1.165) is 22.6 Å². The van der Waals surface area contributed by atoms with Crippen LogP contribution in [0, 0.1) is 18.3 Å². The second-order valence-corrected chi connectivity index (χ2v) is 5.02. The van der Waals surface area contributed by atoms with Crippen molar-refractivity contribution in [3.8, 4) is 18.1 Å². The van der Waals surface area contributed by atoms with E-state index >= 15 is 0 Å². The molecule has 0 aliphatic carbocycles. The van der Waals surface area contributed by atoms with Gasteiger partial charge in [0, 0.05) is 12.3 Å². The molecule has 1 aliphatic rings. The third kappa shape index (κ3) is 3.96. The molecule has 1 aromatic carbocycles. The fourth-order valence-electron chi connectivity index (χ4n) is 2.08. The summed E-state index contributed by atoms with van der Waals surface area (Å²) in [5, 5.41) is 4.11. The van der Waals surface area contributed by atoms with E-state index in [0.29, 0.717) is 6.42 Å². The molecular weight excluding hydrogens is 264 g/mol. The Morgan fingerprint density at radius 3 is 2.86 bits per heavy atom. The van der Waals surface area contributed by atoms with Gasteiger partial charge in [0.25, 0.3) is 0 Å². The molecule has 0 fully saturated rings. The van der Waals surface area contributed by atoms with Gasteiger partial charge in [-0.25, -0.2) is 5.43 Å². The largest absolute Gasteiger partial charge is 0.481 e. The SMILES string of the molecule is C#CCOc1ccc(C(C)=CC2=NNC(=O)CC2C)cc1. The Kier molecular flexibility index (Phi) is 4.78. The number of allylic oxidation sites excluding steroid dienone is 2. The van der Waals surface area contributed by atoms with Gasteiger partial charge in [0.15, 0.2) is 0 Å². The topological polar surface area (TPSA) is 50.7 Å². The van der Waals surface area contributed by atoms with Gasteiger partial charge >= 0.3 is 0 Å². The molecule has 4 nitrogen and oxygen atoms in total. The number of benzene rings is 1. The van der Waals surface area contributed by atoms with Crippen LogP contribution in [0.1, 0.15) is 25.8 Å². The molecule has 1 unspecified atom stereocenters. The van der Waals surface area contributed by atoms with Crippen molar-refractivity contribution in [2.24, 2.45) is 11.0 Å². The molecule has 1 N–H and O–H groups in total. The van der Waals surface area contributed by atoms with E-state index < -0.39 is 0 Å². The lowest BCUT2D eigenvalue weighted by molar-refractivity contribution is -0.121. The minimum atomic E-state index is -0.0349. The van der Waals surface area contributed by atoms with Crippen LogP contribution in [0.4, 0.5) is 0 Å². The van der Waals surface area contributed by atoms with Gasteiger partial charge < -0.3 is 4.74 Å². The van der Waals surface area contributed by atoms with E-state index in [9.17, 15) is 4.79 Å². The van der Waals surface area contributed by atoms with E-state index in [2.05, 4.69) is 16.4 Å². The highest BCUT2D eigenvalue weighted by atomic mass is 16.5. The highest BCUT2D eigenvalue weighted by molar-refractivity contribution is 6.05. The van der Waals surface area contributed by atoms with Gasteiger partial charge in [-0.1, -0.05) is 25.0 Å². The zero-order valence-corrected chi connectivity index (χ0v) is 12.2. The summed E-state index contributed by atoms with van der Waals surface area (Å²) in [4.78, 5) is 11.2. The predicted molar refractivity (Wildman–Crippen MR) is 83.8 cm³/mol. The fraction of sp³-hybridized carbons (Fsp3) is 0.294. The molecular formula is C17H18N2O2. The first-order valence-electron chi connectivity index (χ1n) is 6.81. The van der Waals surface area contributed by atoms with Gasteiger partial charge in [-0.15, -0.1) is 6.42 Å². The minimum absolute atomic E-state index is 0.0349. The fourth-order valence-corrected chi connectivity index (χ4v) is 2.08. The molecule has 0 bridgehead atoms. The normalized spacial score (nSPS) is 18.5. The van der Waals surface area contributed by atoms with Crippen molar-refractivity contribution in [2.75, 3.05) is 6.61 Å². The number of nitrogens with one attached hydrogen (secondary N) is 1. The van der Waals surface area contributed by atoms with Crippen molar-refractivity contribution in [3.63, 3.8) is 0 Å². The lowest BCUT2D eigenvalue weighted by Gasteiger charge is -2.17. The summed E-state index contributed by atoms with van der Waals surface area (Å²) in [7, 11) is 0. The van der Waals surface area contributed by atoms with Crippen LogP contribution in [0.25, 0.3) is 5.57 Å². The van der Waals surface area contributed by atoms with Crippen LogP contribution in [-0.4, -0.2) is 18.2 Å². The first-order chi connectivity index (χ1) is 10.1. The van der Waals surface area contributed by atoms with Gasteiger partial charge in [-0.05, 0) is 36.3 Å². The van der Waals surface area contributed by atoms with Crippen LogP contribution in [0.2, 0.25) is 0 Å². The maximum absolute atomic E-state index is 11.2. The highest BCUT2D eigenvalue weighted by Gasteiger charge is 2.18. The number of rotatable bonds is 4. The molecule has 0 aromatic heterocycles. The predicted octanol–water partition coefficient (Wildman–Crippen LogP) is 2.61. The lowest BCUT2D eigenvalue weighted by Crippen LogP contribution is -2.30. The summed E-state index contributed by atoms with van der Waals surface area (Å²) in [6.45, 7) is 4.28. The minimum Gasteiger partial charge on any atom is -0.481 e. The average Bonchev–Trinajstić information content (AvgIpc) is 2.48. The second kappa shape index (κ2) is 6.76. The van der Waals surface area contributed by atoms with E-state index in [1.165, 1.54) is 0 Å². The van der Waals surface area contributed by atoms with Crippen LogP contribution in [0.15, 0.2) is 35.4 Å². The van der Waals surface area contributed by atoms with Crippen molar-refractivity contribution in [2.45, 2.75) is 20.3 Å². The number of ether oxygens (including phenoxy) is 1. The molecule has 4 heteroatoms. The van der Waals surface area contributed by atoms with E-state index in [1.54, 1.807) is 0 Å². The molecule has 1 heterocycles. The number of nitrogens with zero attached hydrogens (tertiary/aromatic N) is 1. The molecule has 1 amide bonds. The van der Waals surface area contributed by atoms with Crippen LogP contribution < -0.4 is 10.2 Å². The number of hydrogen-bond donors (Lipinski definition) is 1. The summed E-state index contributed by atoms with van der Waals surface area (Å²) in [5.74, 6) is 3.28. The number of hydrogen-bond acceptors (Lipinski definition) is 3. The van der Waals surface area contributed by atoms with Crippen molar-refractivity contribution in [1.29, 1.82) is 0 Å². The third-order valence-electron chi connectivity index (χ3n) is 3.30. The van der Waals surface area contributed by atoms with Crippen LogP contribution in [0.5, 0.6) is 5.75 Å². The molecule has 0 radical (unpaired) electrons. The van der Waals surface area contributed by atoms with Crippen molar-refractivity contribution in [1.82, 2.24) is 5.43 Å². The molecule has 108 valence electrons. The molecule has 1 aromatic rings. The molecule has 0 saturated carbocycles. The van der Waals surface area contributed by atoms with E-state index in [4.69, 9.17) is 11.2 Å². The molecule has 0 saturated heterocycles. The zero-order valence-electron chi connectivity index (χ0n) is 12.2. The standard InChI is InChI=1S/C17H18N2O2/c1-4-9-21-15-7-5-14(6-8-15)12(2)10-16-13(3)11-17(20)19-18-16/h1,5-8,10,13H,9,11H2,2-3H3,(H,19,20). The number of hydrazone groups is 1. The van der Waals surface area contributed by atoms with E-state index in [-0.39, 0.29) is 18.4 Å². The molecule has 0 spiro atoms. The molecule has 1 atom stereocenters. The van der Waals surface area contributed by atoms with Crippen LogP contribution in [0.3, 0.4) is 0 Å². The molecule has 1 aliphatic heterocycles. The Bertz CT molecular complexity index is 621. The van der Waals surface area contributed by atoms with E-state index in [1.807, 2.05) is 44.2 Å². The van der Waals surface area contributed by atoms with Gasteiger partial charge in [0.05, 0.1) is 5.71 Å². The first kappa shape index (κ1) is 14.9. The lowest BCUT2D eigenvalue weighted by atomic mass is 9.96. The van der Waals surface area contributed by atoms with Gasteiger partial charge in [-0.2, -0.15) is 5.10 Å². The van der Waals surface area contributed by atoms with Crippen LogP contribution in [-0.2, 0) is 4.79 Å². The third-order valence-corrected chi connectivity index (χ3v) is 3.30. The summed E-state index contributed by atoms with van der Waals surface area (Å²) in [6.07, 6.45) is 7.63.